The fourth-order valence-electron chi connectivity index (χ4n) is 2.53. The van der Waals surface area contributed by atoms with Crippen molar-refractivity contribution in [2.75, 3.05) is 13.2 Å². The van der Waals surface area contributed by atoms with Crippen molar-refractivity contribution in [3.05, 3.63) is 35.9 Å². The zero-order chi connectivity index (χ0) is 11.9. The Hall–Kier alpha value is -0.860. The lowest BCUT2D eigenvalue weighted by Crippen LogP contribution is -2.35. The Morgan fingerprint density at radius 2 is 2.12 bits per heavy atom. The lowest BCUT2D eigenvalue weighted by molar-refractivity contribution is 0.0436. The van der Waals surface area contributed by atoms with E-state index in [1.807, 2.05) is 0 Å². The highest BCUT2D eigenvalue weighted by atomic mass is 16.5. The van der Waals surface area contributed by atoms with E-state index in [-0.39, 0.29) is 0 Å². The highest BCUT2D eigenvalue weighted by Crippen LogP contribution is 2.19. The second-order valence-corrected chi connectivity index (χ2v) is 5.02. The van der Waals surface area contributed by atoms with E-state index in [0.717, 1.165) is 26.1 Å². The van der Waals surface area contributed by atoms with Gasteiger partial charge >= 0.3 is 0 Å². The van der Waals surface area contributed by atoms with Gasteiger partial charge in [-0.3, -0.25) is 0 Å². The highest BCUT2D eigenvalue weighted by Gasteiger charge is 2.20. The van der Waals surface area contributed by atoms with Gasteiger partial charge in [-0.15, -0.1) is 0 Å². The Labute approximate surface area is 104 Å². The largest absolute Gasteiger partial charge is 0.381 e. The first kappa shape index (κ1) is 12.6. The van der Waals surface area contributed by atoms with Crippen LogP contribution >= 0.6 is 0 Å². The second-order valence-electron chi connectivity index (χ2n) is 5.02. The van der Waals surface area contributed by atoms with Gasteiger partial charge in [0.1, 0.15) is 0 Å². The molecule has 17 heavy (non-hydrogen) atoms. The Balaban J connectivity index is 1.67. The van der Waals surface area contributed by atoms with E-state index < -0.39 is 0 Å². The third-order valence-electron chi connectivity index (χ3n) is 3.65. The third-order valence-corrected chi connectivity index (χ3v) is 3.65. The van der Waals surface area contributed by atoms with Crippen molar-refractivity contribution in [1.82, 2.24) is 0 Å². The first-order valence-electron chi connectivity index (χ1n) is 6.73. The third kappa shape index (κ3) is 4.14. The van der Waals surface area contributed by atoms with Crippen molar-refractivity contribution in [3.8, 4) is 0 Å². The Bertz CT molecular complexity index is 306. The number of rotatable bonds is 5. The maximum absolute atomic E-state index is 6.23. The predicted molar refractivity (Wildman–Crippen MR) is 70.9 cm³/mol. The van der Waals surface area contributed by atoms with Crippen molar-refractivity contribution in [2.45, 2.75) is 38.1 Å². The lowest BCUT2D eigenvalue weighted by Gasteiger charge is -2.27. The molecule has 0 amide bonds. The van der Waals surface area contributed by atoms with Crippen LogP contribution in [-0.2, 0) is 11.2 Å². The molecule has 2 N–H and O–H groups in total. The molecule has 1 aromatic rings. The maximum atomic E-state index is 6.23. The van der Waals surface area contributed by atoms with Crippen LogP contribution in [0, 0.1) is 5.92 Å². The van der Waals surface area contributed by atoms with Crippen LogP contribution in [0.15, 0.2) is 30.3 Å². The first-order valence-corrected chi connectivity index (χ1v) is 6.73. The molecular weight excluding hydrogens is 210 g/mol. The molecule has 0 saturated carbocycles. The summed E-state index contributed by atoms with van der Waals surface area (Å²) in [5.41, 5.74) is 7.65. The summed E-state index contributed by atoms with van der Waals surface area (Å²) in [6, 6.07) is 11.0. The van der Waals surface area contributed by atoms with Crippen molar-refractivity contribution in [2.24, 2.45) is 11.7 Å². The van der Waals surface area contributed by atoms with E-state index >= 15 is 0 Å². The minimum absolute atomic E-state index is 0.319. The molecule has 2 heteroatoms. The Kier molecular flexibility index (Phi) is 5.02. The van der Waals surface area contributed by atoms with E-state index in [1.165, 1.54) is 24.8 Å². The number of hydrogen-bond acceptors (Lipinski definition) is 2. The molecule has 2 atom stereocenters. The fourth-order valence-corrected chi connectivity index (χ4v) is 2.53. The number of benzene rings is 1. The molecule has 0 aromatic heterocycles. The molecule has 1 aliphatic rings. The monoisotopic (exact) mass is 233 g/mol. The molecule has 1 heterocycles. The summed E-state index contributed by atoms with van der Waals surface area (Å²) >= 11 is 0. The van der Waals surface area contributed by atoms with Gasteiger partial charge in [-0.2, -0.15) is 0 Å². The Morgan fingerprint density at radius 1 is 1.29 bits per heavy atom. The van der Waals surface area contributed by atoms with Gasteiger partial charge in [0.15, 0.2) is 0 Å². The minimum atomic E-state index is 0.319. The molecule has 94 valence electrons. The molecule has 0 aliphatic carbocycles. The van der Waals surface area contributed by atoms with Gasteiger partial charge in [0.2, 0.25) is 0 Å². The van der Waals surface area contributed by atoms with Gasteiger partial charge in [-0.05, 0) is 43.6 Å². The smallest absolute Gasteiger partial charge is 0.0509 e. The summed E-state index contributed by atoms with van der Waals surface area (Å²) in [5, 5.41) is 0. The molecule has 1 fully saturated rings. The molecular formula is C15H23NO. The van der Waals surface area contributed by atoms with Crippen molar-refractivity contribution in [3.63, 3.8) is 0 Å². The van der Waals surface area contributed by atoms with E-state index in [1.54, 1.807) is 0 Å². The van der Waals surface area contributed by atoms with E-state index in [2.05, 4.69) is 30.3 Å². The van der Waals surface area contributed by atoms with Crippen LogP contribution < -0.4 is 5.73 Å². The summed E-state index contributed by atoms with van der Waals surface area (Å²) in [7, 11) is 0. The highest BCUT2D eigenvalue weighted by molar-refractivity contribution is 5.14. The summed E-state index contributed by atoms with van der Waals surface area (Å²) < 4.78 is 5.49. The summed E-state index contributed by atoms with van der Waals surface area (Å²) in [5.74, 6) is 0.583. The minimum Gasteiger partial charge on any atom is -0.381 e. The van der Waals surface area contributed by atoms with Gasteiger partial charge in [0.25, 0.3) is 0 Å². The maximum Gasteiger partial charge on any atom is 0.0509 e. The molecule has 2 nitrogen and oxygen atoms in total. The van der Waals surface area contributed by atoms with Gasteiger partial charge < -0.3 is 10.5 Å². The normalized spacial score (nSPS) is 22.3. The topological polar surface area (TPSA) is 35.2 Å². The standard InChI is InChI=1S/C15H23NO/c16-15(14-9-5-11-17-12-14)10-4-8-13-6-2-1-3-7-13/h1-3,6-7,14-15H,4-5,8-12,16H2. The van der Waals surface area contributed by atoms with Crippen molar-refractivity contribution in [1.29, 1.82) is 0 Å². The molecule has 1 aliphatic heterocycles. The quantitative estimate of drug-likeness (QED) is 0.848. The molecule has 0 bridgehead atoms. The Morgan fingerprint density at radius 3 is 2.82 bits per heavy atom. The van der Waals surface area contributed by atoms with E-state index in [0.29, 0.717) is 12.0 Å². The van der Waals surface area contributed by atoms with Crippen LogP contribution in [0.25, 0.3) is 0 Å². The molecule has 1 aromatic carbocycles. The zero-order valence-electron chi connectivity index (χ0n) is 10.5. The van der Waals surface area contributed by atoms with Crippen LogP contribution in [0.4, 0.5) is 0 Å². The van der Waals surface area contributed by atoms with E-state index in [4.69, 9.17) is 10.5 Å². The fraction of sp³-hybridized carbons (Fsp3) is 0.600. The number of hydrogen-bond donors (Lipinski definition) is 1. The SMILES string of the molecule is NC(CCCc1ccccc1)C1CCCOC1. The molecule has 2 unspecified atom stereocenters. The van der Waals surface area contributed by atoms with E-state index in [9.17, 15) is 0 Å². The van der Waals surface area contributed by atoms with Crippen LogP contribution in [-0.4, -0.2) is 19.3 Å². The first-order chi connectivity index (χ1) is 8.36. The van der Waals surface area contributed by atoms with Gasteiger partial charge in [0.05, 0.1) is 6.61 Å². The average Bonchev–Trinajstić information content (AvgIpc) is 2.41. The van der Waals surface area contributed by atoms with Crippen LogP contribution in [0.2, 0.25) is 0 Å². The van der Waals surface area contributed by atoms with Crippen LogP contribution in [0.3, 0.4) is 0 Å². The summed E-state index contributed by atoms with van der Waals surface area (Å²) in [6.45, 7) is 1.79. The average molecular weight is 233 g/mol. The van der Waals surface area contributed by atoms with Crippen LogP contribution in [0.5, 0.6) is 0 Å². The van der Waals surface area contributed by atoms with Gasteiger partial charge in [-0.25, -0.2) is 0 Å². The summed E-state index contributed by atoms with van der Waals surface area (Å²) in [6.07, 6.45) is 5.86. The summed E-state index contributed by atoms with van der Waals surface area (Å²) in [4.78, 5) is 0. The number of aryl methyl sites for hydroxylation is 1. The van der Waals surface area contributed by atoms with Gasteiger partial charge in [-0.1, -0.05) is 30.3 Å². The zero-order valence-corrected chi connectivity index (χ0v) is 10.5. The van der Waals surface area contributed by atoms with Crippen molar-refractivity contribution >= 4 is 0 Å². The second kappa shape index (κ2) is 6.77. The number of ether oxygens (including phenoxy) is 1. The van der Waals surface area contributed by atoms with Gasteiger partial charge in [0, 0.05) is 12.6 Å². The predicted octanol–water partition coefficient (Wildman–Crippen LogP) is 2.76. The van der Waals surface area contributed by atoms with Crippen LogP contribution in [0.1, 0.15) is 31.2 Å². The molecule has 1 saturated heterocycles. The molecule has 0 spiro atoms. The molecule has 0 radical (unpaired) electrons. The number of nitrogens with two attached hydrogens (primary N) is 1. The lowest BCUT2D eigenvalue weighted by atomic mass is 9.90. The van der Waals surface area contributed by atoms with Crippen molar-refractivity contribution < 1.29 is 4.74 Å². The molecule has 2 rings (SSSR count).